The van der Waals surface area contributed by atoms with Gasteiger partial charge in [-0.25, -0.2) is 9.18 Å². The Morgan fingerprint density at radius 2 is 2.13 bits per heavy atom. The number of carbonyl (C=O) groups is 2. The zero-order valence-corrected chi connectivity index (χ0v) is 14.3. The topological polar surface area (TPSA) is 46.6 Å². The fourth-order valence-corrected chi connectivity index (χ4v) is 2.74. The number of Topliss-reactive ketones (excluding diaryl/α,β-unsaturated/α-hetero) is 1. The summed E-state index contributed by atoms with van der Waals surface area (Å²) >= 11 is 5.89. The molecule has 1 aliphatic heterocycles. The summed E-state index contributed by atoms with van der Waals surface area (Å²) in [7, 11) is 0. The van der Waals surface area contributed by atoms with Crippen molar-refractivity contribution in [2.75, 3.05) is 13.1 Å². The van der Waals surface area contributed by atoms with Crippen molar-refractivity contribution in [1.82, 2.24) is 4.90 Å². The lowest BCUT2D eigenvalue weighted by atomic mass is 9.90. The second-order valence-electron chi connectivity index (χ2n) is 6.78. The molecule has 0 aromatic heterocycles. The van der Waals surface area contributed by atoms with Gasteiger partial charge in [0.15, 0.2) is 0 Å². The maximum Gasteiger partial charge on any atom is 0.410 e. The smallest absolute Gasteiger partial charge is 0.410 e. The van der Waals surface area contributed by atoms with Gasteiger partial charge >= 0.3 is 6.09 Å². The SMILES string of the molecule is CC(C)(C)OC(=O)N1CCC(=O)C(Cc2cc(Cl)ccc2F)C1. The molecule has 0 saturated carbocycles. The van der Waals surface area contributed by atoms with Crippen LogP contribution in [-0.2, 0) is 16.0 Å². The number of halogens is 2. The monoisotopic (exact) mass is 341 g/mol. The van der Waals surface area contributed by atoms with Crippen LogP contribution in [-0.4, -0.2) is 35.5 Å². The molecule has 0 N–H and O–H groups in total. The predicted octanol–water partition coefficient (Wildman–Crippen LogP) is 3.85. The van der Waals surface area contributed by atoms with E-state index in [1.807, 2.05) is 0 Å². The molecular weight excluding hydrogens is 321 g/mol. The molecule has 0 bridgehead atoms. The standard InChI is InChI=1S/C17H21ClFNO3/c1-17(2,3)23-16(22)20-7-6-15(21)12(10-20)8-11-9-13(18)4-5-14(11)19/h4-5,9,12H,6-8,10H2,1-3H3. The van der Waals surface area contributed by atoms with Crippen molar-refractivity contribution in [3.8, 4) is 0 Å². The summed E-state index contributed by atoms with van der Waals surface area (Å²) in [6, 6.07) is 4.28. The van der Waals surface area contributed by atoms with E-state index >= 15 is 0 Å². The van der Waals surface area contributed by atoms with E-state index in [9.17, 15) is 14.0 Å². The number of likely N-dealkylation sites (tertiary alicyclic amines) is 1. The highest BCUT2D eigenvalue weighted by atomic mass is 35.5. The van der Waals surface area contributed by atoms with Crippen molar-refractivity contribution >= 4 is 23.5 Å². The minimum Gasteiger partial charge on any atom is -0.444 e. The third kappa shape index (κ3) is 4.93. The van der Waals surface area contributed by atoms with E-state index < -0.39 is 23.4 Å². The maximum atomic E-state index is 13.9. The number of ketones is 1. The molecule has 2 rings (SSSR count). The average Bonchev–Trinajstić information content (AvgIpc) is 2.43. The first-order valence-electron chi connectivity index (χ1n) is 7.60. The van der Waals surface area contributed by atoms with Crippen LogP contribution in [0.4, 0.5) is 9.18 Å². The van der Waals surface area contributed by atoms with Gasteiger partial charge in [0.2, 0.25) is 0 Å². The van der Waals surface area contributed by atoms with Crippen molar-refractivity contribution in [2.45, 2.75) is 39.2 Å². The molecule has 1 aromatic rings. The van der Waals surface area contributed by atoms with Crippen LogP contribution in [0.1, 0.15) is 32.8 Å². The fraction of sp³-hybridized carbons (Fsp3) is 0.529. The van der Waals surface area contributed by atoms with Crippen molar-refractivity contribution in [3.63, 3.8) is 0 Å². The number of benzene rings is 1. The van der Waals surface area contributed by atoms with Crippen LogP contribution in [0.25, 0.3) is 0 Å². The van der Waals surface area contributed by atoms with Crippen LogP contribution >= 0.6 is 11.6 Å². The summed E-state index contributed by atoms with van der Waals surface area (Å²) in [5, 5.41) is 0.425. The fourth-order valence-electron chi connectivity index (χ4n) is 2.54. The molecule has 1 amide bonds. The number of nitrogens with zero attached hydrogens (tertiary/aromatic N) is 1. The summed E-state index contributed by atoms with van der Waals surface area (Å²) in [6.07, 6.45) is 0.0398. The van der Waals surface area contributed by atoms with E-state index in [1.165, 1.54) is 23.1 Å². The van der Waals surface area contributed by atoms with E-state index in [-0.39, 0.29) is 25.2 Å². The van der Waals surface area contributed by atoms with E-state index in [2.05, 4.69) is 0 Å². The first kappa shape index (κ1) is 17.7. The second-order valence-corrected chi connectivity index (χ2v) is 7.22. The van der Waals surface area contributed by atoms with Gasteiger partial charge in [-0.15, -0.1) is 0 Å². The molecule has 1 aliphatic rings. The Bertz CT molecular complexity index is 612. The van der Waals surface area contributed by atoms with Crippen LogP contribution in [0, 0.1) is 11.7 Å². The third-order valence-corrected chi connectivity index (χ3v) is 3.89. The number of hydrogen-bond acceptors (Lipinski definition) is 3. The van der Waals surface area contributed by atoms with Gasteiger partial charge in [0.1, 0.15) is 17.2 Å². The molecule has 6 heteroatoms. The molecule has 4 nitrogen and oxygen atoms in total. The predicted molar refractivity (Wildman–Crippen MR) is 86.0 cm³/mol. The molecule has 1 saturated heterocycles. The summed E-state index contributed by atoms with van der Waals surface area (Å²) in [6.45, 7) is 5.94. The maximum absolute atomic E-state index is 13.9. The molecule has 1 heterocycles. The molecule has 0 radical (unpaired) electrons. The largest absolute Gasteiger partial charge is 0.444 e. The molecule has 0 spiro atoms. The van der Waals surface area contributed by atoms with Crippen LogP contribution in [0.2, 0.25) is 5.02 Å². The van der Waals surface area contributed by atoms with E-state index in [0.29, 0.717) is 17.1 Å². The Hall–Kier alpha value is -1.62. The van der Waals surface area contributed by atoms with Gasteiger partial charge in [-0.05, 0) is 51.0 Å². The third-order valence-electron chi connectivity index (χ3n) is 3.65. The molecule has 1 aromatic carbocycles. The van der Waals surface area contributed by atoms with Crippen molar-refractivity contribution in [3.05, 3.63) is 34.6 Å². The number of carbonyl (C=O) groups excluding carboxylic acids is 2. The first-order valence-corrected chi connectivity index (χ1v) is 7.98. The van der Waals surface area contributed by atoms with Crippen molar-refractivity contribution in [1.29, 1.82) is 0 Å². The highest BCUT2D eigenvalue weighted by Gasteiger charge is 2.32. The van der Waals surface area contributed by atoms with Gasteiger partial charge in [0.05, 0.1) is 0 Å². The minimum atomic E-state index is -0.590. The Morgan fingerprint density at radius 3 is 2.78 bits per heavy atom. The normalized spacial score (nSPS) is 18.9. The highest BCUT2D eigenvalue weighted by molar-refractivity contribution is 6.30. The van der Waals surface area contributed by atoms with Gasteiger partial charge < -0.3 is 9.64 Å². The summed E-state index contributed by atoms with van der Waals surface area (Å²) < 4.78 is 19.2. The quantitative estimate of drug-likeness (QED) is 0.821. The van der Waals surface area contributed by atoms with Gasteiger partial charge in [0, 0.05) is 30.5 Å². The number of piperidine rings is 1. The first-order chi connectivity index (χ1) is 10.7. The average molecular weight is 342 g/mol. The molecule has 0 aliphatic carbocycles. The number of hydrogen-bond donors (Lipinski definition) is 0. The lowest BCUT2D eigenvalue weighted by Gasteiger charge is -2.33. The van der Waals surface area contributed by atoms with E-state index in [0.717, 1.165) is 0 Å². The van der Waals surface area contributed by atoms with Gasteiger partial charge in [-0.3, -0.25) is 4.79 Å². The lowest BCUT2D eigenvalue weighted by Crippen LogP contribution is -2.46. The second kappa shape index (κ2) is 6.87. The van der Waals surface area contributed by atoms with Crippen LogP contribution in [0.3, 0.4) is 0 Å². The Labute approximate surface area is 140 Å². The Morgan fingerprint density at radius 1 is 1.43 bits per heavy atom. The Balaban J connectivity index is 2.08. The zero-order valence-electron chi connectivity index (χ0n) is 13.6. The summed E-state index contributed by atoms with van der Waals surface area (Å²) in [5.74, 6) is -0.801. The van der Waals surface area contributed by atoms with Gasteiger partial charge in [-0.2, -0.15) is 0 Å². The molecular formula is C17H21ClFNO3. The summed E-state index contributed by atoms with van der Waals surface area (Å²) in [5.41, 5.74) is -0.200. The molecule has 1 atom stereocenters. The van der Waals surface area contributed by atoms with Crippen molar-refractivity contribution < 1.29 is 18.7 Å². The Kier molecular flexibility index (Phi) is 5.30. The van der Waals surface area contributed by atoms with Crippen LogP contribution in [0.5, 0.6) is 0 Å². The highest BCUT2D eigenvalue weighted by Crippen LogP contribution is 2.23. The van der Waals surface area contributed by atoms with Crippen LogP contribution in [0.15, 0.2) is 18.2 Å². The number of amides is 1. The molecule has 23 heavy (non-hydrogen) atoms. The summed E-state index contributed by atoms with van der Waals surface area (Å²) in [4.78, 5) is 25.8. The van der Waals surface area contributed by atoms with E-state index in [1.54, 1.807) is 20.8 Å². The molecule has 1 unspecified atom stereocenters. The lowest BCUT2D eigenvalue weighted by molar-refractivity contribution is -0.125. The van der Waals surface area contributed by atoms with Gasteiger partial charge in [0.25, 0.3) is 0 Å². The molecule has 1 fully saturated rings. The van der Waals surface area contributed by atoms with Gasteiger partial charge in [-0.1, -0.05) is 11.6 Å². The minimum absolute atomic E-state index is 0.0317. The molecule has 126 valence electrons. The van der Waals surface area contributed by atoms with Crippen molar-refractivity contribution in [2.24, 2.45) is 5.92 Å². The number of rotatable bonds is 2. The number of ether oxygens (including phenoxy) is 1. The van der Waals surface area contributed by atoms with Crippen LogP contribution < -0.4 is 0 Å². The zero-order chi connectivity index (χ0) is 17.2. The van der Waals surface area contributed by atoms with E-state index in [4.69, 9.17) is 16.3 Å².